The van der Waals surface area contributed by atoms with Gasteiger partial charge in [-0.1, -0.05) is 24.6 Å². The van der Waals surface area contributed by atoms with Crippen LogP contribution in [0.15, 0.2) is 71.6 Å². The normalized spacial score (nSPS) is 17.5. The van der Waals surface area contributed by atoms with Gasteiger partial charge in [0.05, 0.1) is 36.8 Å². The van der Waals surface area contributed by atoms with Gasteiger partial charge in [-0.3, -0.25) is 9.52 Å². The third kappa shape index (κ3) is 7.57. The van der Waals surface area contributed by atoms with Crippen LogP contribution in [0.1, 0.15) is 29.8 Å². The molecule has 43 heavy (non-hydrogen) atoms. The lowest BCUT2D eigenvalue weighted by Gasteiger charge is -2.38. The van der Waals surface area contributed by atoms with Crippen LogP contribution in [0.3, 0.4) is 0 Å². The SMILES string of the molecule is COc1ccc(NC(=O)N(C)C[C@@H]2Oc3ccc(NS(=O)(=O)c4ccc(C)cc4)cc3C(=O)N([C@H](C)CO)C[C@H]2C)cc1. The quantitative estimate of drug-likeness (QED) is 0.330. The number of likely N-dealkylation sites (N-methyl/N-ethyl adjacent to an activating group) is 1. The van der Waals surface area contributed by atoms with Gasteiger partial charge in [0, 0.05) is 30.9 Å². The van der Waals surface area contributed by atoms with Gasteiger partial charge in [-0.2, -0.15) is 0 Å². The fraction of sp³-hybridized carbons (Fsp3) is 0.355. The van der Waals surface area contributed by atoms with Crippen LogP contribution >= 0.6 is 0 Å². The molecule has 1 aliphatic heterocycles. The molecule has 0 spiro atoms. The Morgan fingerprint density at radius 3 is 2.40 bits per heavy atom. The monoisotopic (exact) mass is 610 g/mol. The molecule has 0 bridgehead atoms. The standard InChI is InChI=1S/C31H38N4O7S/c1-20-6-13-26(14-7-20)43(39,40)33-24-10-15-28-27(16-24)30(37)35(22(3)19-36)17-21(2)29(42-28)18-34(4)31(38)32-23-8-11-25(41-5)12-9-23/h6-16,21-22,29,33,36H,17-19H2,1-5H3,(H,32,38)/t21-,22-,29+/m1/s1. The number of anilines is 2. The van der Waals surface area contributed by atoms with E-state index in [2.05, 4.69) is 10.0 Å². The number of nitrogens with one attached hydrogen (secondary N) is 2. The average molecular weight is 611 g/mol. The first kappa shape index (κ1) is 31.6. The number of ether oxygens (including phenoxy) is 2. The highest BCUT2D eigenvalue weighted by molar-refractivity contribution is 7.92. The van der Waals surface area contributed by atoms with Crippen LogP contribution in [-0.4, -0.2) is 81.3 Å². The van der Waals surface area contributed by atoms with Crippen LogP contribution in [0.25, 0.3) is 0 Å². The van der Waals surface area contributed by atoms with Crippen molar-refractivity contribution in [2.24, 2.45) is 5.92 Å². The predicted molar refractivity (Wildman–Crippen MR) is 164 cm³/mol. The Balaban J connectivity index is 1.59. The molecule has 3 aromatic carbocycles. The summed E-state index contributed by atoms with van der Waals surface area (Å²) in [6.45, 7) is 5.70. The van der Waals surface area contributed by atoms with Crippen LogP contribution < -0.4 is 19.5 Å². The van der Waals surface area contributed by atoms with Crippen molar-refractivity contribution < 1.29 is 32.6 Å². The number of nitrogens with zero attached hydrogens (tertiary/aromatic N) is 2. The van der Waals surface area contributed by atoms with Gasteiger partial charge in [-0.15, -0.1) is 0 Å². The molecule has 12 heteroatoms. The van der Waals surface area contributed by atoms with E-state index >= 15 is 0 Å². The van der Waals surface area contributed by atoms with Crippen LogP contribution in [0, 0.1) is 12.8 Å². The van der Waals surface area contributed by atoms with Crippen LogP contribution in [-0.2, 0) is 10.0 Å². The molecule has 0 radical (unpaired) electrons. The Morgan fingerprint density at radius 1 is 1.12 bits per heavy atom. The number of aryl methyl sites for hydroxylation is 1. The van der Waals surface area contributed by atoms with Gasteiger partial charge in [0.1, 0.15) is 17.6 Å². The summed E-state index contributed by atoms with van der Waals surface area (Å²) >= 11 is 0. The summed E-state index contributed by atoms with van der Waals surface area (Å²) in [5.41, 5.74) is 1.86. The highest BCUT2D eigenvalue weighted by Gasteiger charge is 2.34. The number of amides is 3. The molecule has 3 atom stereocenters. The zero-order valence-corrected chi connectivity index (χ0v) is 25.7. The largest absolute Gasteiger partial charge is 0.497 e. The number of fused-ring (bicyclic) bond motifs is 1. The van der Waals surface area contributed by atoms with Gasteiger partial charge in [0.2, 0.25) is 0 Å². The Bertz CT molecular complexity index is 1550. The van der Waals surface area contributed by atoms with E-state index in [1.165, 1.54) is 29.2 Å². The lowest BCUT2D eigenvalue weighted by atomic mass is 9.99. The number of carbonyl (C=O) groups excluding carboxylic acids is 2. The number of sulfonamides is 1. The summed E-state index contributed by atoms with van der Waals surface area (Å²) in [7, 11) is -0.698. The van der Waals surface area contributed by atoms with Gasteiger partial charge >= 0.3 is 6.03 Å². The zero-order chi connectivity index (χ0) is 31.3. The Kier molecular flexibility index (Phi) is 9.82. The van der Waals surface area contributed by atoms with E-state index in [4.69, 9.17) is 9.47 Å². The molecule has 1 heterocycles. The van der Waals surface area contributed by atoms with E-state index in [0.717, 1.165) is 5.56 Å². The van der Waals surface area contributed by atoms with Crippen molar-refractivity contribution in [1.29, 1.82) is 0 Å². The number of urea groups is 1. The number of rotatable bonds is 9. The molecular formula is C31H38N4O7S. The summed E-state index contributed by atoms with van der Waals surface area (Å²) < 4.78 is 40.1. The molecular weight excluding hydrogens is 572 g/mol. The van der Waals surface area contributed by atoms with Crippen molar-refractivity contribution >= 4 is 33.3 Å². The van der Waals surface area contributed by atoms with Gasteiger partial charge in [0.25, 0.3) is 15.9 Å². The average Bonchev–Trinajstić information content (AvgIpc) is 2.99. The highest BCUT2D eigenvalue weighted by atomic mass is 32.2. The maximum Gasteiger partial charge on any atom is 0.321 e. The zero-order valence-electron chi connectivity index (χ0n) is 24.9. The third-order valence-electron chi connectivity index (χ3n) is 7.39. The molecule has 0 aliphatic carbocycles. The number of benzene rings is 3. The lowest BCUT2D eigenvalue weighted by Crippen LogP contribution is -2.50. The van der Waals surface area contributed by atoms with Crippen LogP contribution in [0.4, 0.5) is 16.2 Å². The first-order valence-corrected chi connectivity index (χ1v) is 15.4. The fourth-order valence-corrected chi connectivity index (χ4v) is 5.73. The van der Waals surface area contributed by atoms with Crippen LogP contribution in [0.5, 0.6) is 11.5 Å². The van der Waals surface area contributed by atoms with Gasteiger partial charge < -0.3 is 29.7 Å². The molecule has 0 saturated carbocycles. The minimum atomic E-state index is -3.91. The summed E-state index contributed by atoms with van der Waals surface area (Å²) in [5, 5.41) is 12.8. The molecule has 0 saturated heterocycles. The van der Waals surface area contributed by atoms with Crippen molar-refractivity contribution in [3.05, 3.63) is 77.9 Å². The molecule has 4 rings (SSSR count). The Labute approximate surface area is 252 Å². The lowest BCUT2D eigenvalue weighted by molar-refractivity contribution is 0.0371. The second-order valence-corrected chi connectivity index (χ2v) is 12.5. The van der Waals surface area contributed by atoms with E-state index in [1.807, 2.05) is 13.8 Å². The number of hydrogen-bond acceptors (Lipinski definition) is 7. The smallest absolute Gasteiger partial charge is 0.321 e. The van der Waals surface area contributed by atoms with Gasteiger partial charge in [0.15, 0.2) is 0 Å². The summed E-state index contributed by atoms with van der Waals surface area (Å²) in [6, 6.07) is 17.1. The Hall–Kier alpha value is -4.29. The number of methoxy groups -OCH3 is 1. The van der Waals surface area contributed by atoms with E-state index in [9.17, 15) is 23.1 Å². The molecule has 0 fully saturated rings. The minimum Gasteiger partial charge on any atom is -0.497 e. The topological polar surface area (TPSA) is 138 Å². The van der Waals surface area contributed by atoms with Crippen molar-refractivity contribution in [2.75, 3.05) is 43.9 Å². The second-order valence-electron chi connectivity index (χ2n) is 10.8. The number of aliphatic hydroxyl groups is 1. The summed E-state index contributed by atoms with van der Waals surface area (Å²) in [5.74, 6) is 0.300. The minimum absolute atomic E-state index is 0.0905. The van der Waals surface area contributed by atoms with E-state index in [1.54, 1.807) is 68.4 Å². The van der Waals surface area contributed by atoms with Gasteiger partial charge in [-0.05, 0) is 68.4 Å². The van der Waals surface area contributed by atoms with Crippen molar-refractivity contribution in [3.63, 3.8) is 0 Å². The first-order valence-electron chi connectivity index (χ1n) is 13.9. The number of aliphatic hydroxyl groups excluding tert-OH is 1. The first-order chi connectivity index (χ1) is 20.4. The molecule has 0 unspecified atom stereocenters. The summed E-state index contributed by atoms with van der Waals surface area (Å²) in [6.07, 6.45) is -0.526. The van der Waals surface area contributed by atoms with Crippen molar-refractivity contribution in [2.45, 2.75) is 37.8 Å². The fourth-order valence-electron chi connectivity index (χ4n) is 4.68. The second kappa shape index (κ2) is 13.3. The Morgan fingerprint density at radius 2 is 1.77 bits per heavy atom. The molecule has 0 aromatic heterocycles. The maximum absolute atomic E-state index is 13.7. The molecule has 1 aliphatic rings. The molecule has 11 nitrogen and oxygen atoms in total. The highest BCUT2D eigenvalue weighted by Crippen LogP contribution is 2.31. The van der Waals surface area contributed by atoms with Crippen molar-refractivity contribution in [1.82, 2.24) is 9.80 Å². The van der Waals surface area contributed by atoms with E-state index in [0.29, 0.717) is 11.4 Å². The maximum atomic E-state index is 13.7. The molecule has 230 valence electrons. The molecule has 3 aromatic rings. The van der Waals surface area contributed by atoms with Gasteiger partial charge in [-0.25, -0.2) is 13.2 Å². The summed E-state index contributed by atoms with van der Waals surface area (Å²) in [4.78, 5) is 29.9. The third-order valence-corrected chi connectivity index (χ3v) is 8.79. The molecule has 3 N–H and O–H groups in total. The van der Waals surface area contributed by atoms with E-state index < -0.39 is 28.1 Å². The molecule has 3 amide bonds. The van der Waals surface area contributed by atoms with E-state index in [-0.39, 0.29) is 53.5 Å². The number of hydrogen-bond donors (Lipinski definition) is 3. The predicted octanol–water partition coefficient (Wildman–Crippen LogP) is 4.19. The number of carbonyl (C=O) groups is 2. The van der Waals surface area contributed by atoms with Crippen molar-refractivity contribution in [3.8, 4) is 11.5 Å². The van der Waals surface area contributed by atoms with Crippen LogP contribution in [0.2, 0.25) is 0 Å².